The molecule has 0 unspecified atom stereocenters. The van der Waals surface area contributed by atoms with E-state index in [1.165, 1.54) is 0 Å². The lowest BCUT2D eigenvalue weighted by atomic mass is 10.2. The molecule has 0 atom stereocenters. The van der Waals surface area contributed by atoms with E-state index in [2.05, 4.69) is 15.3 Å². The third-order valence-electron chi connectivity index (χ3n) is 3.27. The zero-order valence-corrected chi connectivity index (χ0v) is 12.2. The Morgan fingerprint density at radius 3 is 2.84 bits per heavy atom. The van der Waals surface area contributed by atoms with E-state index in [1.54, 1.807) is 0 Å². The highest BCUT2D eigenvalue weighted by Crippen LogP contribution is 2.14. The number of aryl methyl sites for hydroxylation is 1. The molecule has 1 saturated heterocycles. The van der Waals surface area contributed by atoms with Crippen molar-refractivity contribution in [3.63, 3.8) is 0 Å². The van der Waals surface area contributed by atoms with Crippen molar-refractivity contribution >= 4 is 15.8 Å². The maximum Gasteiger partial charge on any atom is 0.225 e. The van der Waals surface area contributed by atoms with Gasteiger partial charge in [0.25, 0.3) is 0 Å². The summed E-state index contributed by atoms with van der Waals surface area (Å²) in [6, 6.07) is 0. The molecular formula is C12H20N4O2S. The van der Waals surface area contributed by atoms with E-state index in [4.69, 9.17) is 0 Å². The highest BCUT2D eigenvalue weighted by molar-refractivity contribution is 7.91. The van der Waals surface area contributed by atoms with Gasteiger partial charge in [0.2, 0.25) is 5.95 Å². The van der Waals surface area contributed by atoms with Gasteiger partial charge >= 0.3 is 0 Å². The summed E-state index contributed by atoms with van der Waals surface area (Å²) in [5.41, 5.74) is 2.00. The number of aromatic nitrogens is 2. The fraction of sp³-hybridized carbons (Fsp3) is 0.667. The Hall–Kier alpha value is -1.21. The lowest BCUT2D eigenvalue weighted by Crippen LogP contribution is -2.29. The van der Waals surface area contributed by atoms with E-state index >= 15 is 0 Å². The zero-order chi connectivity index (χ0) is 13.9. The molecule has 2 rings (SSSR count). The Labute approximate surface area is 114 Å². The molecule has 0 amide bonds. The normalized spacial score (nSPS) is 19.2. The van der Waals surface area contributed by atoms with Crippen molar-refractivity contribution in [1.29, 1.82) is 0 Å². The second-order valence-electron chi connectivity index (χ2n) is 4.80. The summed E-state index contributed by atoms with van der Waals surface area (Å²) in [6.45, 7) is 3.87. The standard InChI is InChI=1S/C12H20N4O2S/c1-10-11(8-13-2)9-14-12(15-10)16-4-3-6-19(17,18)7-5-16/h9,13H,3-8H2,1-2H3. The van der Waals surface area contributed by atoms with Gasteiger partial charge in [-0.1, -0.05) is 0 Å². The van der Waals surface area contributed by atoms with Crippen LogP contribution in [-0.4, -0.2) is 50.0 Å². The van der Waals surface area contributed by atoms with Crippen LogP contribution in [0.15, 0.2) is 6.20 Å². The maximum absolute atomic E-state index is 11.6. The van der Waals surface area contributed by atoms with Crippen LogP contribution in [0.2, 0.25) is 0 Å². The summed E-state index contributed by atoms with van der Waals surface area (Å²) < 4.78 is 23.2. The van der Waals surface area contributed by atoms with Crippen LogP contribution in [0.25, 0.3) is 0 Å². The van der Waals surface area contributed by atoms with Gasteiger partial charge in [-0.3, -0.25) is 0 Å². The Balaban J connectivity index is 2.16. The molecule has 0 bridgehead atoms. The van der Waals surface area contributed by atoms with Gasteiger partial charge in [0.15, 0.2) is 9.84 Å². The number of nitrogens with zero attached hydrogens (tertiary/aromatic N) is 3. The van der Waals surface area contributed by atoms with Gasteiger partial charge in [-0.2, -0.15) is 0 Å². The SMILES string of the molecule is CNCc1cnc(N2CCCS(=O)(=O)CC2)nc1C. The molecule has 0 aliphatic carbocycles. The average molecular weight is 284 g/mol. The summed E-state index contributed by atoms with van der Waals surface area (Å²) in [7, 11) is -1.01. The maximum atomic E-state index is 11.6. The molecule has 1 aliphatic heterocycles. The van der Waals surface area contributed by atoms with Gasteiger partial charge in [0, 0.05) is 37.1 Å². The first-order chi connectivity index (χ1) is 9.02. The first kappa shape index (κ1) is 14.2. The highest BCUT2D eigenvalue weighted by Gasteiger charge is 2.21. The number of anilines is 1. The van der Waals surface area contributed by atoms with E-state index < -0.39 is 9.84 Å². The van der Waals surface area contributed by atoms with E-state index in [-0.39, 0.29) is 11.5 Å². The molecule has 1 aromatic rings. The molecule has 1 N–H and O–H groups in total. The largest absolute Gasteiger partial charge is 0.340 e. The molecule has 6 nitrogen and oxygen atoms in total. The van der Waals surface area contributed by atoms with E-state index in [1.807, 2.05) is 25.1 Å². The van der Waals surface area contributed by atoms with Crippen LogP contribution in [0.1, 0.15) is 17.7 Å². The van der Waals surface area contributed by atoms with Crippen LogP contribution >= 0.6 is 0 Å². The molecule has 1 aromatic heterocycles. The summed E-state index contributed by atoms with van der Waals surface area (Å²) in [5, 5.41) is 3.07. The minimum atomic E-state index is -2.89. The van der Waals surface area contributed by atoms with Crippen LogP contribution in [0, 0.1) is 6.92 Å². The molecule has 0 aromatic carbocycles. The predicted molar refractivity (Wildman–Crippen MR) is 75.0 cm³/mol. The summed E-state index contributed by atoms with van der Waals surface area (Å²) >= 11 is 0. The third kappa shape index (κ3) is 3.63. The first-order valence-electron chi connectivity index (χ1n) is 6.44. The van der Waals surface area contributed by atoms with Crippen molar-refractivity contribution in [2.75, 3.05) is 36.5 Å². The number of hydrogen-bond acceptors (Lipinski definition) is 6. The molecule has 1 fully saturated rings. The molecule has 0 spiro atoms. The van der Waals surface area contributed by atoms with Crippen molar-refractivity contribution in [1.82, 2.24) is 15.3 Å². The van der Waals surface area contributed by atoms with E-state index in [9.17, 15) is 8.42 Å². The molecule has 0 saturated carbocycles. The summed E-state index contributed by atoms with van der Waals surface area (Å²) in [4.78, 5) is 10.8. The highest BCUT2D eigenvalue weighted by atomic mass is 32.2. The lowest BCUT2D eigenvalue weighted by Gasteiger charge is -2.20. The first-order valence-corrected chi connectivity index (χ1v) is 8.26. The molecule has 2 heterocycles. The fourth-order valence-corrected chi connectivity index (χ4v) is 3.41. The summed E-state index contributed by atoms with van der Waals surface area (Å²) in [6.07, 6.45) is 2.45. The van der Waals surface area contributed by atoms with Crippen molar-refractivity contribution in [3.8, 4) is 0 Å². The summed E-state index contributed by atoms with van der Waals surface area (Å²) in [5.74, 6) is 1.09. The topological polar surface area (TPSA) is 75.2 Å². The Bertz CT molecular complexity index is 545. The minimum absolute atomic E-state index is 0.188. The van der Waals surface area contributed by atoms with Crippen LogP contribution < -0.4 is 10.2 Å². The van der Waals surface area contributed by atoms with Gasteiger partial charge in [0.1, 0.15) is 0 Å². The van der Waals surface area contributed by atoms with Gasteiger partial charge < -0.3 is 10.2 Å². The smallest absolute Gasteiger partial charge is 0.225 e. The second-order valence-corrected chi connectivity index (χ2v) is 7.11. The van der Waals surface area contributed by atoms with Crippen molar-refractivity contribution in [2.24, 2.45) is 0 Å². The predicted octanol–water partition coefficient (Wildman–Crippen LogP) is 0.129. The fourth-order valence-electron chi connectivity index (χ4n) is 2.13. The number of sulfone groups is 1. The number of rotatable bonds is 3. The average Bonchev–Trinajstić information content (AvgIpc) is 2.53. The number of nitrogens with one attached hydrogen (secondary N) is 1. The second kappa shape index (κ2) is 5.83. The Kier molecular flexibility index (Phi) is 4.36. The Morgan fingerprint density at radius 2 is 2.16 bits per heavy atom. The van der Waals surface area contributed by atoms with Gasteiger partial charge in [-0.05, 0) is 20.4 Å². The zero-order valence-electron chi connectivity index (χ0n) is 11.4. The number of hydrogen-bond donors (Lipinski definition) is 1. The molecule has 106 valence electrons. The molecule has 7 heteroatoms. The lowest BCUT2D eigenvalue weighted by molar-refractivity contribution is 0.597. The Morgan fingerprint density at radius 1 is 1.37 bits per heavy atom. The van der Waals surface area contributed by atoms with Gasteiger partial charge in [-0.25, -0.2) is 18.4 Å². The molecular weight excluding hydrogens is 264 g/mol. The van der Waals surface area contributed by atoms with Gasteiger partial charge in [0.05, 0.1) is 11.5 Å². The monoisotopic (exact) mass is 284 g/mol. The van der Waals surface area contributed by atoms with E-state index in [0.29, 0.717) is 25.5 Å². The quantitative estimate of drug-likeness (QED) is 0.850. The van der Waals surface area contributed by atoms with Crippen LogP contribution in [-0.2, 0) is 16.4 Å². The van der Waals surface area contributed by atoms with Crippen LogP contribution in [0.5, 0.6) is 0 Å². The molecule has 0 radical (unpaired) electrons. The minimum Gasteiger partial charge on any atom is -0.340 e. The van der Waals surface area contributed by atoms with Crippen molar-refractivity contribution in [2.45, 2.75) is 19.9 Å². The van der Waals surface area contributed by atoms with Crippen molar-refractivity contribution in [3.05, 3.63) is 17.5 Å². The van der Waals surface area contributed by atoms with Crippen LogP contribution in [0.4, 0.5) is 5.95 Å². The van der Waals surface area contributed by atoms with Crippen LogP contribution in [0.3, 0.4) is 0 Å². The molecule has 1 aliphatic rings. The van der Waals surface area contributed by atoms with Crippen molar-refractivity contribution < 1.29 is 8.42 Å². The van der Waals surface area contributed by atoms with E-state index in [0.717, 1.165) is 17.8 Å². The molecule has 19 heavy (non-hydrogen) atoms. The van der Waals surface area contributed by atoms with Gasteiger partial charge in [-0.15, -0.1) is 0 Å². The third-order valence-corrected chi connectivity index (χ3v) is 4.99.